The van der Waals surface area contributed by atoms with Crippen molar-refractivity contribution in [2.75, 3.05) is 5.32 Å². The summed E-state index contributed by atoms with van der Waals surface area (Å²) in [4.78, 5) is 22.4. The summed E-state index contributed by atoms with van der Waals surface area (Å²) in [6.45, 7) is 0. The van der Waals surface area contributed by atoms with E-state index in [-0.39, 0.29) is 6.10 Å². The van der Waals surface area contributed by atoms with E-state index in [2.05, 4.69) is 5.32 Å². The maximum Gasteiger partial charge on any atom is 0.411 e. The molecule has 0 atom stereocenters. The first-order chi connectivity index (χ1) is 8.15. The average Bonchev–Trinajstić information content (AvgIpc) is 2.24. The molecule has 0 unspecified atom stereocenters. The predicted octanol–water partition coefficient (Wildman–Crippen LogP) is 3.17. The zero-order valence-electron chi connectivity index (χ0n) is 9.11. The molecular formula is C12H12ClNO3. The van der Waals surface area contributed by atoms with Crippen LogP contribution >= 0.6 is 11.6 Å². The quantitative estimate of drug-likeness (QED) is 0.842. The fourth-order valence-electron chi connectivity index (χ4n) is 1.51. The second-order valence-corrected chi connectivity index (χ2v) is 4.28. The Kier molecular flexibility index (Phi) is 3.64. The van der Waals surface area contributed by atoms with Gasteiger partial charge in [-0.05, 0) is 49.1 Å². The van der Waals surface area contributed by atoms with E-state index in [1.165, 1.54) is 6.07 Å². The van der Waals surface area contributed by atoms with Crippen LogP contribution in [0.25, 0.3) is 0 Å². The molecule has 1 N–H and O–H groups in total. The van der Waals surface area contributed by atoms with E-state index in [1.54, 1.807) is 18.2 Å². The van der Waals surface area contributed by atoms with Gasteiger partial charge in [-0.15, -0.1) is 0 Å². The molecule has 4 nitrogen and oxygen atoms in total. The normalized spacial score (nSPS) is 14.9. The number of carbonyl (C=O) groups excluding carboxylic acids is 2. The van der Waals surface area contributed by atoms with Gasteiger partial charge in [-0.1, -0.05) is 6.07 Å². The van der Waals surface area contributed by atoms with Gasteiger partial charge in [0.25, 0.3) is 5.24 Å². The number of hydrogen-bond acceptors (Lipinski definition) is 3. The summed E-state index contributed by atoms with van der Waals surface area (Å²) in [5.41, 5.74) is 0.842. The lowest BCUT2D eigenvalue weighted by atomic mass is 9.96. The number of amides is 1. The summed E-state index contributed by atoms with van der Waals surface area (Å²) in [7, 11) is 0. The van der Waals surface area contributed by atoms with Crippen molar-refractivity contribution in [2.45, 2.75) is 25.4 Å². The standard InChI is InChI=1S/C12H12ClNO3/c13-11(15)8-3-1-4-9(7-8)14-12(16)17-10-5-2-6-10/h1,3-4,7,10H,2,5-6H2,(H,14,16). The first kappa shape index (κ1) is 11.9. The van der Waals surface area contributed by atoms with Crippen molar-refractivity contribution in [1.29, 1.82) is 0 Å². The van der Waals surface area contributed by atoms with Crippen LogP contribution in [0.1, 0.15) is 29.6 Å². The van der Waals surface area contributed by atoms with E-state index in [9.17, 15) is 9.59 Å². The molecule has 1 aromatic rings. The molecule has 0 radical (unpaired) electrons. The lowest BCUT2D eigenvalue weighted by Gasteiger charge is -2.25. The highest BCUT2D eigenvalue weighted by atomic mass is 35.5. The molecule has 1 aliphatic rings. The number of rotatable bonds is 3. The predicted molar refractivity (Wildman–Crippen MR) is 64.4 cm³/mol. The summed E-state index contributed by atoms with van der Waals surface area (Å²) in [6.07, 6.45) is 2.50. The van der Waals surface area contributed by atoms with Gasteiger partial charge < -0.3 is 4.74 Å². The van der Waals surface area contributed by atoms with Crippen LogP contribution in [0.4, 0.5) is 10.5 Å². The molecule has 1 aliphatic carbocycles. The molecule has 0 aromatic heterocycles. The number of anilines is 1. The first-order valence-electron chi connectivity index (χ1n) is 5.42. The van der Waals surface area contributed by atoms with Crippen molar-refractivity contribution in [2.24, 2.45) is 0 Å². The smallest absolute Gasteiger partial charge is 0.411 e. The lowest BCUT2D eigenvalue weighted by Crippen LogP contribution is -2.27. The molecule has 5 heteroatoms. The molecule has 0 aliphatic heterocycles. The second-order valence-electron chi connectivity index (χ2n) is 3.94. The number of carbonyl (C=O) groups is 2. The Morgan fingerprint density at radius 3 is 2.71 bits per heavy atom. The number of benzene rings is 1. The Bertz CT molecular complexity index is 443. The van der Waals surface area contributed by atoms with Gasteiger partial charge in [-0.3, -0.25) is 10.1 Å². The van der Waals surface area contributed by atoms with Crippen molar-refractivity contribution in [3.63, 3.8) is 0 Å². The Hall–Kier alpha value is -1.55. The van der Waals surface area contributed by atoms with Crippen LogP contribution in [0.3, 0.4) is 0 Å². The minimum Gasteiger partial charge on any atom is -0.446 e. The maximum atomic E-state index is 11.4. The molecule has 0 bridgehead atoms. The van der Waals surface area contributed by atoms with Crippen LogP contribution in [0.15, 0.2) is 24.3 Å². The van der Waals surface area contributed by atoms with Gasteiger partial charge in [-0.2, -0.15) is 0 Å². The summed E-state index contributed by atoms with van der Waals surface area (Å²) in [6, 6.07) is 6.41. The van der Waals surface area contributed by atoms with Gasteiger partial charge in [-0.25, -0.2) is 4.79 Å². The molecule has 1 fully saturated rings. The van der Waals surface area contributed by atoms with Crippen LogP contribution in [0.2, 0.25) is 0 Å². The monoisotopic (exact) mass is 253 g/mol. The minimum absolute atomic E-state index is 0.0350. The van der Waals surface area contributed by atoms with Gasteiger partial charge in [0.05, 0.1) is 0 Å². The molecule has 90 valence electrons. The molecule has 1 saturated carbocycles. The van der Waals surface area contributed by atoms with Gasteiger partial charge in [0.1, 0.15) is 6.10 Å². The topological polar surface area (TPSA) is 55.4 Å². The fourth-order valence-corrected chi connectivity index (χ4v) is 1.62. The molecule has 0 spiro atoms. The van der Waals surface area contributed by atoms with Crippen LogP contribution in [0, 0.1) is 0 Å². The van der Waals surface area contributed by atoms with E-state index in [0.717, 1.165) is 19.3 Å². The van der Waals surface area contributed by atoms with Crippen LogP contribution in [-0.2, 0) is 4.74 Å². The third-order valence-electron chi connectivity index (χ3n) is 2.66. The average molecular weight is 254 g/mol. The highest BCUT2D eigenvalue weighted by Crippen LogP contribution is 2.22. The van der Waals surface area contributed by atoms with E-state index in [0.29, 0.717) is 11.3 Å². The summed E-state index contributed by atoms with van der Waals surface area (Å²) in [5.74, 6) is 0. The van der Waals surface area contributed by atoms with Crippen LogP contribution < -0.4 is 5.32 Å². The van der Waals surface area contributed by atoms with Crippen molar-refractivity contribution < 1.29 is 14.3 Å². The van der Waals surface area contributed by atoms with Crippen molar-refractivity contribution in [3.05, 3.63) is 29.8 Å². The van der Waals surface area contributed by atoms with Crippen molar-refractivity contribution >= 4 is 28.6 Å². The van der Waals surface area contributed by atoms with E-state index in [1.807, 2.05) is 0 Å². The highest BCUT2D eigenvalue weighted by Gasteiger charge is 2.21. The van der Waals surface area contributed by atoms with Crippen LogP contribution in [-0.4, -0.2) is 17.4 Å². The molecule has 1 amide bonds. The van der Waals surface area contributed by atoms with Crippen molar-refractivity contribution in [3.8, 4) is 0 Å². The van der Waals surface area contributed by atoms with Gasteiger partial charge >= 0.3 is 6.09 Å². The lowest BCUT2D eigenvalue weighted by molar-refractivity contribution is 0.0624. The summed E-state index contributed by atoms with van der Waals surface area (Å²) < 4.78 is 5.12. The molecule has 17 heavy (non-hydrogen) atoms. The first-order valence-corrected chi connectivity index (χ1v) is 5.80. The second kappa shape index (κ2) is 5.19. The molecule has 0 saturated heterocycles. The van der Waals surface area contributed by atoms with E-state index >= 15 is 0 Å². The van der Waals surface area contributed by atoms with Gasteiger partial charge in [0, 0.05) is 11.3 Å². The Morgan fingerprint density at radius 1 is 1.35 bits per heavy atom. The Balaban J connectivity index is 1.95. The van der Waals surface area contributed by atoms with Gasteiger partial charge in [0.2, 0.25) is 0 Å². The zero-order chi connectivity index (χ0) is 12.3. The highest BCUT2D eigenvalue weighted by molar-refractivity contribution is 6.67. The SMILES string of the molecule is O=C(Nc1cccc(C(=O)Cl)c1)OC1CCC1. The van der Waals surface area contributed by atoms with Crippen molar-refractivity contribution in [1.82, 2.24) is 0 Å². The number of halogens is 1. The molecule has 1 aromatic carbocycles. The number of ether oxygens (including phenoxy) is 1. The fraction of sp³-hybridized carbons (Fsp3) is 0.333. The largest absolute Gasteiger partial charge is 0.446 e. The third kappa shape index (κ3) is 3.20. The minimum atomic E-state index is -0.555. The Morgan fingerprint density at radius 2 is 2.12 bits per heavy atom. The zero-order valence-corrected chi connectivity index (χ0v) is 9.87. The van der Waals surface area contributed by atoms with E-state index < -0.39 is 11.3 Å². The van der Waals surface area contributed by atoms with E-state index in [4.69, 9.17) is 16.3 Å². The maximum absolute atomic E-state index is 11.4. The van der Waals surface area contributed by atoms with Gasteiger partial charge in [0.15, 0.2) is 0 Å². The Labute approximate surface area is 104 Å². The number of nitrogens with one attached hydrogen (secondary N) is 1. The summed E-state index contributed by atoms with van der Waals surface area (Å²) in [5, 5.41) is 2.01. The summed E-state index contributed by atoms with van der Waals surface area (Å²) >= 11 is 5.34. The number of hydrogen-bond donors (Lipinski definition) is 1. The van der Waals surface area contributed by atoms with Crippen LogP contribution in [0.5, 0.6) is 0 Å². The molecular weight excluding hydrogens is 242 g/mol. The molecule has 0 heterocycles. The third-order valence-corrected chi connectivity index (χ3v) is 2.88. The molecule has 2 rings (SSSR count).